The van der Waals surface area contributed by atoms with Gasteiger partial charge in [-0.25, -0.2) is 4.98 Å². The Kier molecular flexibility index (Phi) is 2.02. The topological polar surface area (TPSA) is 26.0 Å². The molecule has 2 heterocycles. The van der Waals surface area contributed by atoms with Gasteiger partial charge in [-0.3, -0.25) is 0 Å². The quantitative estimate of drug-likeness (QED) is 0.489. The summed E-state index contributed by atoms with van der Waals surface area (Å²) in [6.07, 6.45) is 0. The van der Waals surface area contributed by atoms with Crippen LogP contribution in [0.2, 0.25) is 0 Å². The molecule has 0 bridgehead atoms. The van der Waals surface area contributed by atoms with Crippen molar-refractivity contribution in [2.45, 2.75) is 0 Å². The van der Waals surface area contributed by atoms with Gasteiger partial charge < -0.3 is 4.42 Å². The second kappa shape index (κ2) is 3.68. The molecular formula is C15H9NOS. The molecule has 0 saturated carbocycles. The Hall–Kier alpha value is -2.13. The van der Waals surface area contributed by atoms with E-state index in [2.05, 4.69) is 17.1 Å². The van der Waals surface area contributed by atoms with Crippen molar-refractivity contribution in [3.05, 3.63) is 54.6 Å². The lowest BCUT2D eigenvalue weighted by atomic mass is 10.2. The third kappa shape index (κ3) is 1.45. The van der Waals surface area contributed by atoms with Crippen LogP contribution >= 0.6 is 11.3 Å². The number of nitrogens with zero attached hydrogens (tertiary/aromatic N) is 1. The van der Waals surface area contributed by atoms with Gasteiger partial charge in [-0.1, -0.05) is 30.3 Å². The Balaban J connectivity index is 1.95. The Morgan fingerprint density at radius 2 is 1.78 bits per heavy atom. The lowest BCUT2D eigenvalue weighted by Crippen LogP contribution is -1.69. The largest absolute Gasteiger partial charge is 0.454 e. The summed E-state index contributed by atoms with van der Waals surface area (Å²) < 4.78 is 7.02. The zero-order chi connectivity index (χ0) is 11.9. The van der Waals surface area contributed by atoms with Gasteiger partial charge in [0.2, 0.25) is 0 Å². The van der Waals surface area contributed by atoms with Crippen LogP contribution in [-0.2, 0) is 0 Å². The fourth-order valence-corrected chi connectivity index (χ4v) is 2.98. The average molecular weight is 251 g/mol. The number of rotatable bonds is 1. The Bertz CT molecular complexity index is 706. The predicted octanol–water partition coefficient (Wildman–Crippen LogP) is 4.71. The molecule has 2 aromatic heterocycles. The summed E-state index contributed by atoms with van der Waals surface area (Å²) in [5.74, 6) is 0.845. The lowest BCUT2D eigenvalue weighted by molar-refractivity contribution is 0.631. The highest BCUT2D eigenvalue weighted by Crippen LogP contribution is 2.33. The van der Waals surface area contributed by atoms with E-state index in [1.54, 1.807) is 11.3 Å². The number of aromatic nitrogens is 1. The number of hydrogen-bond donors (Lipinski definition) is 0. The first-order valence-corrected chi connectivity index (χ1v) is 6.56. The second-order valence-corrected chi connectivity index (χ2v) is 5.17. The number of thiazole rings is 1. The molecule has 4 rings (SSSR count). The van der Waals surface area contributed by atoms with E-state index >= 15 is 0 Å². The fraction of sp³-hybridized carbons (Fsp3) is 0. The van der Waals surface area contributed by atoms with Gasteiger partial charge in [0.05, 0.1) is 10.2 Å². The van der Waals surface area contributed by atoms with Crippen LogP contribution in [0, 0.1) is 0 Å². The molecule has 3 heteroatoms. The maximum absolute atomic E-state index is 5.83. The van der Waals surface area contributed by atoms with Crippen LogP contribution in [-0.4, -0.2) is 4.98 Å². The molecule has 0 amide bonds. The minimum absolute atomic E-state index is 0.845. The summed E-state index contributed by atoms with van der Waals surface area (Å²) >= 11 is 1.66. The van der Waals surface area contributed by atoms with E-state index in [9.17, 15) is 0 Å². The highest BCUT2D eigenvalue weighted by molar-refractivity contribution is 7.21. The van der Waals surface area contributed by atoms with Gasteiger partial charge >= 0.3 is 0 Å². The average Bonchev–Trinajstić information content (AvgIpc) is 3.02. The summed E-state index contributed by atoms with van der Waals surface area (Å²) in [4.78, 5) is 4.60. The summed E-state index contributed by atoms with van der Waals surface area (Å²) in [5.41, 5.74) is 1.93. The van der Waals surface area contributed by atoms with E-state index < -0.39 is 0 Å². The molecule has 0 saturated heterocycles. The first-order valence-electron chi connectivity index (χ1n) is 5.75. The van der Waals surface area contributed by atoms with Crippen molar-refractivity contribution < 1.29 is 4.42 Å². The van der Waals surface area contributed by atoms with Gasteiger partial charge in [0.25, 0.3) is 0 Å². The highest BCUT2D eigenvalue weighted by atomic mass is 32.1. The summed E-state index contributed by atoms with van der Waals surface area (Å²) in [7, 11) is 0. The molecule has 0 fully saturated rings. The normalized spacial score (nSPS) is 11.3. The molecule has 2 aromatic carbocycles. The highest BCUT2D eigenvalue weighted by Gasteiger charge is 2.10. The summed E-state index contributed by atoms with van der Waals surface area (Å²) in [6.45, 7) is 0. The van der Waals surface area contributed by atoms with Gasteiger partial charge in [0, 0.05) is 5.39 Å². The standard InChI is InChI=1S/C15H9NOS/c1-3-7-12-10(5-1)9-13(17-12)15-16-11-6-2-4-8-14(11)18-15/h1-9H. The maximum atomic E-state index is 5.83. The van der Waals surface area contributed by atoms with Crippen LogP contribution in [0.15, 0.2) is 59.0 Å². The molecule has 0 aliphatic carbocycles. The van der Waals surface area contributed by atoms with Crippen LogP contribution in [0.5, 0.6) is 0 Å². The van der Waals surface area contributed by atoms with Crippen LogP contribution in [0.1, 0.15) is 0 Å². The molecule has 18 heavy (non-hydrogen) atoms. The first kappa shape index (κ1) is 9.85. The number of fused-ring (bicyclic) bond motifs is 2. The third-order valence-electron chi connectivity index (χ3n) is 2.93. The summed E-state index contributed by atoms with van der Waals surface area (Å²) in [6, 6.07) is 18.2. The lowest BCUT2D eigenvalue weighted by Gasteiger charge is -1.86. The minimum Gasteiger partial charge on any atom is -0.454 e. The van der Waals surface area contributed by atoms with Crippen molar-refractivity contribution in [2.75, 3.05) is 0 Å². The number of para-hydroxylation sites is 2. The molecule has 0 unspecified atom stereocenters. The van der Waals surface area contributed by atoms with Crippen molar-refractivity contribution in [1.29, 1.82) is 0 Å². The van der Waals surface area contributed by atoms with E-state index in [4.69, 9.17) is 4.42 Å². The second-order valence-electron chi connectivity index (χ2n) is 4.14. The first-order chi connectivity index (χ1) is 8.90. The molecule has 0 spiro atoms. The zero-order valence-electron chi connectivity index (χ0n) is 9.46. The van der Waals surface area contributed by atoms with Crippen LogP contribution < -0.4 is 0 Å². The molecule has 0 aliphatic heterocycles. The zero-order valence-corrected chi connectivity index (χ0v) is 10.3. The van der Waals surface area contributed by atoms with Crippen molar-refractivity contribution in [3.63, 3.8) is 0 Å². The third-order valence-corrected chi connectivity index (χ3v) is 3.98. The van der Waals surface area contributed by atoms with Gasteiger partial charge in [-0.05, 0) is 24.3 Å². The Morgan fingerprint density at radius 3 is 2.67 bits per heavy atom. The fourth-order valence-electron chi connectivity index (χ4n) is 2.06. The number of hydrogen-bond acceptors (Lipinski definition) is 3. The monoisotopic (exact) mass is 251 g/mol. The number of benzene rings is 2. The molecule has 2 nitrogen and oxygen atoms in total. The molecule has 4 aromatic rings. The molecule has 86 valence electrons. The van der Waals surface area contributed by atoms with Crippen LogP contribution in [0.25, 0.3) is 32.0 Å². The van der Waals surface area contributed by atoms with Gasteiger partial charge in [0.15, 0.2) is 10.8 Å². The molecule has 0 atom stereocenters. The van der Waals surface area contributed by atoms with Crippen molar-refractivity contribution in [1.82, 2.24) is 4.98 Å². The predicted molar refractivity (Wildman–Crippen MR) is 74.8 cm³/mol. The van der Waals surface area contributed by atoms with E-state index in [1.165, 1.54) is 4.70 Å². The molecule has 0 aliphatic rings. The summed E-state index contributed by atoms with van der Waals surface area (Å²) in [5, 5.41) is 2.05. The van der Waals surface area contributed by atoms with E-state index in [-0.39, 0.29) is 0 Å². The molecular weight excluding hydrogens is 242 g/mol. The van der Waals surface area contributed by atoms with Crippen LogP contribution in [0.4, 0.5) is 0 Å². The van der Waals surface area contributed by atoms with Gasteiger partial charge in [0.1, 0.15) is 5.58 Å². The molecule has 0 N–H and O–H groups in total. The van der Waals surface area contributed by atoms with Crippen LogP contribution in [0.3, 0.4) is 0 Å². The van der Waals surface area contributed by atoms with Crippen molar-refractivity contribution in [3.8, 4) is 10.8 Å². The van der Waals surface area contributed by atoms with E-state index in [0.29, 0.717) is 0 Å². The maximum Gasteiger partial charge on any atom is 0.164 e. The van der Waals surface area contributed by atoms with Crippen molar-refractivity contribution in [2.24, 2.45) is 0 Å². The SMILES string of the molecule is c1ccc2oc(-c3nc4ccccc4s3)cc2c1. The van der Waals surface area contributed by atoms with Gasteiger partial charge in [-0.2, -0.15) is 0 Å². The van der Waals surface area contributed by atoms with E-state index in [0.717, 1.165) is 27.3 Å². The van der Waals surface area contributed by atoms with Gasteiger partial charge in [-0.15, -0.1) is 11.3 Å². The number of furan rings is 1. The molecule has 0 radical (unpaired) electrons. The smallest absolute Gasteiger partial charge is 0.164 e. The van der Waals surface area contributed by atoms with E-state index in [1.807, 2.05) is 42.5 Å². The Labute approximate surface area is 108 Å². The minimum atomic E-state index is 0.845. The Morgan fingerprint density at radius 1 is 0.944 bits per heavy atom. The van der Waals surface area contributed by atoms with Crippen molar-refractivity contribution >= 4 is 32.5 Å².